The number of carboxylic acids is 1. The van der Waals surface area contributed by atoms with Crippen LogP contribution in [-0.4, -0.2) is 76.6 Å². The molecule has 3 aliphatic rings. The van der Waals surface area contributed by atoms with Crippen LogP contribution < -0.4 is 26.5 Å². The Morgan fingerprint density at radius 1 is 1.38 bits per heavy atom. The first-order chi connectivity index (χ1) is 20.2. The number of imidazole rings is 1. The van der Waals surface area contributed by atoms with Gasteiger partial charge in [-0.2, -0.15) is 9.36 Å². The highest BCUT2D eigenvalue weighted by Gasteiger charge is 2.53. The number of carbonyl (C=O) groups is 3. The van der Waals surface area contributed by atoms with E-state index in [0.717, 1.165) is 47.8 Å². The smallest absolute Gasteiger partial charge is 0.349 e. The van der Waals surface area contributed by atoms with E-state index in [1.54, 1.807) is 13.3 Å². The van der Waals surface area contributed by atoms with E-state index >= 15 is 0 Å². The maximum Gasteiger partial charge on any atom is 0.349 e. The number of thioether (sulfide) groups is 1. The highest BCUT2D eigenvalue weighted by atomic mass is 32.2. The second-order valence-corrected chi connectivity index (χ2v) is 12.2. The monoisotopic (exact) mass is 612 g/mol. The summed E-state index contributed by atoms with van der Waals surface area (Å²) >= 11 is 2.22. The fourth-order valence-corrected chi connectivity index (χ4v) is 6.76. The number of hydrogen-bond acceptors (Lipinski definition) is 13. The molecule has 0 radical (unpaired) electrons. The van der Waals surface area contributed by atoms with Crippen molar-refractivity contribution in [2.24, 2.45) is 10.9 Å². The highest BCUT2D eigenvalue weighted by molar-refractivity contribution is 8.00. The minimum absolute atomic E-state index is 0.0373. The zero-order chi connectivity index (χ0) is 29.6. The standard InChI is InChI=1S/C25H28N10O5S2/c1-2-40-31-15(18-30-24(26)42-32-18)20(36)29-16-21(37)35-17(23(38)39)13(11-41-22(16)35)10-33-8-3-4-14-19(33)28-12-34(14)9-7-25(27)5-6-25/h3-4,8,12,16,22H,2,5-7,9-11,27H2,1H3,(H3-,26,29,30,32,36,38,39)/b31-15-. The molecule has 2 fully saturated rings. The second kappa shape index (κ2) is 11.0. The van der Waals surface area contributed by atoms with Gasteiger partial charge in [-0.3, -0.25) is 14.5 Å². The molecule has 17 heteroatoms. The van der Waals surface area contributed by atoms with Crippen LogP contribution in [0.25, 0.3) is 11.2 Å². The molecule has 5 N–H and O–H groups in total. The number of rotatable bonds is 11. The Labute approximate surface area is 247 Å². The Bertz CT molecular complexity index is 1640. The summed E-state index contributed by atoms with van der Waals surface area (Å²) in [6.45, 7) is 2.81. The quantitative estimate of drug-likeness (QED) is 0.0980. The number of oxime groups is 1. The summed E-state index contributed by atoms with van der Waals surface area (Å²) in [6.07, 6.45) is 6.49. The van der Waals surface area contributed by atoms with E-state index in [1.807, 2.05) is 27.5 Å². The fraction of sp³-hybridized carbons (Fsp3) is 0.440. The first-order valence-corrected chi connectivity index (χ1v) is 15.1. The van der Waals surface area contributed by atoms with E-state index in [4.69, 9.17) is 16.3 Å². The predicted octanol–water partition coefficient (Wildman–Crippen LogP) is -1.52. The van der Waals surface area contributed by atoms with E-state index in [0.29, 0.717) is 17.0 Å². The van der Waals surface area contributed by atoms with E-state index in [2.05, 4.69) is 24.8 Å². The molecule has 3 aromatic rings. The van der Waals surface area contributed by atoms with Crippen molar-refractivity contribution >= 4 is 63.1 Å². The Hall–Kier alpha value is -4.09. The van der Waals surface area contributed by atoms with Crippen molar-refractivity contribution < 1.29 is 28.9 Å². The van der Waals surface area contributed by atoms with Gasteiger partial charge in [0.2, 0.25) is 17.9 Å². The van der Waals surface area contributed by atoms with Crippen LogP contribution in [-0.2, 0) is 32.3 Å². The lowest BCUT2D eigenvalue weighted by atomic mass is 10.0. The number of anilines is 1. The summed E-state index contributed by atoms with van der Waals surface area (Å²) in [5.74, 6) is -2.53. The van der Waals surface area contributed by atoms with E-state index in [1.165, 1.54) is 11.8 Å². The normalized spacial score (nSPS) is 21.2. The third-order valence-electron chi connectivity index (χ3n) is 7.43. The Balaban J connectivity index is 1.21. The van der Waals surface area contributed by atoms with Crippen LogP contribution in [0.2, 0.25) is 0 Å². The molecule has 2 aliphatic heterocycles. The minimum Gasteiger partial charge on any atom is -0.543 e. The van der Waals surface area contributed by atoms with Gasteiger partial charge >= 0.3 is 5.65 Å². The first kappa shape index (κ1) is 28.0. The number of nitrogens with one attached hydrogen (secondary N) is 1. The van der Waals surface area contributed by atoms with Gasteiger partial charge in [0.1, 0.15) is 30.1 Å². The van der Waals surface area contributed by atoms with Gasteiger partial charge in [-0.1, -0.05) is 5.16 Å². The van der Waals surface area contributed by atoms with Crippen molar-refractivity contribution in [1.29, 1.82) is 0 Å². The molecule has 6 rings (SSSR count). The van der Waals surface area contributed by atoms with Crippen LogP contribution in [0.15, 0.2) is 41.1 Å². The summed E-state index contributed by atoms with van der Waals surface area (Å²) in [5.41, 5.74) is 13.5. The van der Waals surface area contributed by atoms with E-state index < -0.39 is 29.2 Å². The lowest BCUT2D eigenvalue weighted by molar-refractivity contribution is -0.664. The van der Waals surface area contributed by atoms with Crippen molar-refractivity contribution in [1.82, 2.24) is 29.1 Å². The molecule has 1 saturated carbocycles. The largest absolute Gasteiger partial charge is 0.543 e. The second-order valence-electron chi connectivity index (χ2n) is 10.3. The van der Waals surface area contributed by atoms with Crippen LogP contribution in [0, 0.1) is 0 Å². The summed E-state index contributed by atoms with van der Waals surface area (Å²) < 4.78 is 7.90. The number of amides is 2. The number of carboxylic acid groups (broad SMARTS) is 1. The summed E-state index contributed by atoms with van der Waals surface area (Å²) in [6, 6.07) is 2.84. The lowest BCUT2D eigenvalue weighted by Crippen LogP contribution is -2.71. The van der Waals surface area contributed by atoms with Crippen LogP contribution in [0.5, 0.6) is 0 Å². The molecule has 5 heterocycles. The maximum atomic E-state index is 13.2. The Morgan fingerprint density at radius 2 is 2.19 bits per heavy atom. The minimum atomic E-state index is -1.47. The highest BCUT2D eigenvalue weighted by Crippen LogP contribution is 2.40. The average Bonchev–Trinajstić information content (AvgIpc) is 3.34. The number of aryl methyl sites for hydroxylation is 1. The molecule has 2 unspecified atom stereocenters. The molecular formula is C25H28N10O5S2. The number of β-lactam (4-membered cyclic amide) rings is 1. The first-order valence-electron chi connectivity index (χ1n) is 13.3. The van der Waals surface area contributed by atoms with Crippen LogP contribution in [0.3, 0.4) is 0 Å². The van der Waals surface area contributed by atoms with Crippen LogP contribution >= 0.6 is 23.3 Å². The van der Waals surface area contributed by atoms with E-state index in [9.17, 15) is 19.5 Å². The number of carbonyl (C=O) groups excluding carboxylic acids is 3. The number of nitrogens with two attached hydrogens (primary N) is 2. The van der Waals surface area contributed by atoms with E-state index in [-0.39, 0.29) is 41.1 Å². The van der Waals surface area contributed by atoms with Crippen LogP contribution in [0.4, 0.5) is 5.13 Å². The maximum absolute atomic E-state index is 13.2. The molecule has 42 heavy (non-hydrogen) atoms. The van der Waals surface area contributed by atoms with Crippen molar-refractivity contribution in [3.8, 4) is 0 Å². The van der Waals surface area contributed by atoms with Crippen molar-refractivity contribution in [2.75, 3.05) is 18.1 Å². The third-order valence-corrected chi connectivity index (χ3v) is 9.32. The molecule has 220 valence electrons. The molecule has 15 nitrogen and oxygen atoms in total. The number of fused-ring (bicyclic) bond motifs is 2. The van der Waals surface area contributed by atoms with Crippen molar-refractivity contribution in [2.45, 2.75) is 56.2 Å². The third kappa shape index (κ3) is 5.18. The summed E-state index contributed by atoms with van der Waals surface area (Å²) in [7, 11) is 0. The van der Waals surface area contributed by atoms with Gasteiger partial charge in [0, 0.05) is 34.9 Å². The molecule has 0 spiro atoms. The number of aromatic nitrogens is 5. The van der Waals surface area contributed by atoms with Gasteiger partial charge in [-0.15, -0.1) is 11.8 Å². The van der Waals surface area contributed by atoms with Gasteiger partial charge in [0.15, 0.2) is 5.13 Å². The molecule has 2 atom stereocenters. The summed E-state index contributed by atoms with van der Waals surface area (Å²) in [4.78, 5) is 53.3. The van der Waals surface area contributed by atoms with Gasteiger partial charge in [-0.25, -0.2) is 4.57 Å². The number of hydrogen-bond donors (Lipinski definition) is 3. The molecule has 3 aromatic heterocycles. The van der Waals surface area contributed by atoms with Crippen molar-refractivity contribution in [3.05, 3.63) is 41.8 Å². The number of aliphatic carboxylic acids is 1. The summed E-state index contributed by atoms with van der Waals surface area (Å²) in [5, 5.41) is 18.2. The molecule has 0 bridgehead atoms. The molecular weight excluding hydrogens is 584 g/mol. The topological polar surface area (TPSA) is 211 Å². The SMILES string of the molecule is CCO/N=C(\C(=O)NC1C(=O)N2C(C(=O)[O-])=C(C[n+]3cccc4c3ncn4CCC3(N)CC3)CSC12)c1nsc(N)n1. The van der Waals surface area contributed by atoms with Gasteiger partial charge in [0.25, 0.3) is 11.8 Å². The molecule has 1 saturated heterocycles. The molecule has 1 aliphatic carbocycles. The van der Waals surface area contributed by atoms with Crippen LogP contribution in [0.1, 0.15) is 32.0 Å². The molecule has 0 aromatic carbocycles. The van der Waals surface area contributed by atoms with Gasteiger partial charge in [0.05, 0.1) is 17.9 Å². The lowest BCUT2D eigenvalue weighted by Gasteiger charge is -2.50. The number of nitrogens with zero attached hydrogens (tertiary/aromatic N) is 7. The van der Waals surface area contributed by atoms with Gasteiger partial charge < -0.3 is 36.1 Å². The van der Waals surface area contributed by atoms with Crippen molar-refractivity contribution in [3.63, 3.8) is 0 Å². The Kier molecular flexibility index (Phi) is 7.32. The number of nitrogen functional groups attached to an aromatic ring is 1. The zero-order valence-corrected chi connectivity index (χ0v) is 24.2. The predicted molar refractivity (Wildman–Crippen MR) is 150 cm³/mol. The Morgan fingerprint density at radius 3 is 2.88 bits per heavy atom. The van der Waals surface area contributed by atoms with Gasteiger partial charge in [-0.05, 0) is 43.3 Å². The average molecular weight is 613 g/mol. The zero-order valence-electron chi connectivity index (χ0n) is 22.6. The molecule has 2 amide bonds. The number of pyridine rings is 1. The fourth-order valence-electron chi connectivity index (χ4n) is 4.99.